The standard InChI is InChI=1S/C20H23N3O3S/c1-4-23(5-2)19(25)14-9-8-10-15(13-14)21-20(27)22-18(24)16-11-6-7-12-17(16)26-3/h6-13H,4-5H2,1-3H3,(H2,21,22,24,27). The molecule has 0 radical (unpaired) electrons. The van der Waals surface area contributed by atoms with E-state index in [1.165, 1.54) is 7.11 Å². The van der Waals surface area contributed by atoms with E-state index in [0.29, 0.717) is 35.7 Å². The number of hydrogen-bond acceptors (Lipinski definition) is 4. The second kappa shape index (κ2) is 9.68. The fourth-order valence-electron chi connectivity index (χ4n) is 2.59. The monoisotopic (exact) mass is 385 g/mol. The zero-order valence-electron chi connectivity index (χ0n) is 15.6. The van der Waals surface area contributed by atoms with Crippen molar-refractivity contribution in [2.24, 2.45) is 0 Å². The second-order valence-electron chi connectivity index (χ2n) is 5.67. The molecule has 2 aromatic rings. The molecule has 2 aromatic carbocycles. The Kier molecular flexibility index (Phi) is 7.31. The van der Waals surface area contributed by atoms with Crippen molar-refractivity contribution in [2.75, 3.05) is 25.5 Å². The van der Waals surface area contributed by atoms with Gasteiger partial charge >= 0.3 is 0 Å². The number of thiocarbonyl (C=S) groups is 1. The van der Waals surface area contributed by atoms with Gasteiger partial charge in [-0.25, -0.2) is 0 Å². The highest BCUT2D eigenvalue weighted by atomic mass is 32.1. The molecular formula is C20H23N3O3S. The third kappa shape index (κ3) is 5.27. The number of amides is 2. The quantitative estimate of drug-likeness (QED) is 0.747. The summed E-state index contributed by atoms with van der Waals surface area (Å²) < 4.78 is 5.19. The van der Waals surface area contributed by atoms with Crippen molar-refractivity contribution in [2.45, 2.75) is 13.8 Å². The van der Waals surface area contributed by atoms with Crippen LogP contribution in [0.5, 0.6) is 5.75 Å². The van der Waals surface area contributed by atoms with E-state index in [0.717, 1.165) is 0 Å². The first-order chi connectivity index (χ1) is 13.0. The summed E-state index contributed by atoms with van der Waals surface area (Å²) >= 11 is 5.22. The van der Waals surface area contributed by atoms with Crippen molar-refractivity contribution in [3.63, 3.8) is 0 Å². The lowest BCUT2D eigenvalue weighted by Crippen LogP contribution is -2.34. The van der Waals surface area contributed by atoms with Crippen LogP contribution in [0.15, 0.2) is 48.5 Å². The molecule has 2 rings (SSSR count). The molecule has 0 unspecified atom stereocenters. The van der Waals surface area contributed by atoms with Gasteiger partial charge < -0.3 is 15.0 Å². The Bertz CT molecular complexity index is 835. The topological polar surface area (TPSA) is 70.7 Å². The van der Waals surface area contributed by atoms with Crippen molar-refractivity contribution >= 4 is 34.8 Å². The molecule has 0 fully saturated rings. The van der Waals surface area contributed by atoms with Crippen molar-refractivity contribution < 1.29 is 14.3 Å². The van der Waals surface area contributed by atoms with Gasteiger partial charge in [-0.15, -0.1) is 0 Å². The SMILES string of the molecule is CCN(CC)C(=O)c1cccc(NC(=S)NC(=O)c2ccccc2OC)c1. The molecule has 2 N–H and O–H groups in total. The van der Waals surface area contributed by atoms with E-state index >= 15 is 0 Å². The van der Waals surface area contributed by atoms with E-state index in [-0.39, 0.29) is 16.9 Å². The summed E-state index contributed by atoms with van der Waals surface area (Å²) in [5.41, 5.74) is 1.57. The summed E-state index contributed by atoms with van der Waals surface area (Å²) in [4.78, 5) is 26.6. The number of nitrogens with one attached hydrogen (secondary N) is 2. The van der Waals surface area contributed by atoms with Gasteiger partial charge in [0.05, 0.1) is 12.7 Å². The molecule has 0 heterocycles. The smallest absolute Gasteiger partial charge is 0.261 e. The number of hydrogen-bond donors (Lipinski definition) is 2. The van der Waals surface area contributed by atoms with Crippen LogP contribution >= 0.6 is 12.2 Å². The van der Waals surface area contributed by atoms with Gasteiger partial charge in [-0.3, -0.25) is 14.9 Å². The van der Waals surface area contributed by atoms with E-state index in [1.54, 1.807) is 53.4 Å². The Hall–Kier alpha value is -2.93. The van der Waals surface area contributed by atoms with E-state index in [2.05, 4.69) is 10.6 Å². The molecule has 0 aliphatic rings. The normalized spacial score (nSPS) is 10.0. The molecule has 142 valence electrons. The molecule has 2 amide bonds. The van der Waals surface area contributed by atoms with Crippen LogP contribution in [-0.2, 0) is 0 Å². The fourth-order valence-corrected chi connectivity index (χ4v) is 2.80. The van der Waals surface area contributed by atoms with E-state index in [9.17, 15) is 9.59 Å². The molecule has 0 aliphatic carbocycles. The first kappa shape index (κ1) is 20.4. The number of benzene rings is 2. The number of para-hydroxylation sites is 1. The maximum atomic E-state index is 12.5. The summed E-state index contributed by atoms with van der Waals surface area (Å²) in [6, 6.07) is 13.9. The molecule has 0 saturated carbocycles. The van der Waals surface area contributed by atoms with Crippen molar-refractivity contribution in [1.29, 1.82) is 0 Å². The van der Waals surface area contributed by atoms with Gasteiger partial charge in [-0.2, -0.15) is 0 Å². The summed E-state index contributed by atoms with van der Waals surface area (Å²) in [6.45, 7) is 5.15. The zero-order chi connectivity index (χ0) is 19.8. The maximum Gasteiger partial charge on any atom is 0.261 e. The number of rotatable bonds is 6. The molecular weight excluding hydrogens is 362 g/mol. The number of methoxy groups -OCH3 is 1. The Morgan fingerprint density at radius 3 is 2.44 bits per heavy atom. The zero-order valence-corrected chi connectivity index (χ0v) is 16.4. The molecule has 0 spiro atoms. The molecule has 0 aliphatic heterocycles. The Morgan fingerprint density at radius 2 is 1.78 bits per heavy atom. The summed E-state index contributed by atoms with van der Waals surface area (Å²) in [5, 5.41) is 5.69. The molecule has 7 heteroatoms. The molecule has 0 saturated heterocycles. The van der Waals surface area contributed by atoms with Crippen LogP contribution < -0.4 is 15.4 Å². The van der Waals surface area contributed by atoms with Crippen LogP contribution in [-0.4, -0.2) is 42.0 Å². The largest absolute Gasteiger partial charge is 0.496 e. The third-order valence-corrected chi connectivity index (χ3v) is 4.20. The number of anilines is 1. The average molecular weight is 385 g/mol. The van der Waals surface area contributed by atoms with Gasteiger partial charge in [0.2, 0.25) is 0 Å². The molecule has 0 bridgehead atoms. The predicted molar refractivity (Wildman–Crippen MR) is 110 cm³/mol. The van der Waals surface area contributed by atoms with Gasteiger partial charge in [-0.1, -0.05) is 18.2 Å². The first-order valence-corrected chi connectivity index (χ1v) is 9.05. The molecule has 0 aromatic heterocycles. The number of nitrogens with zero attached hydrogens (tertiary/aromatic N) is 1. The molecule has 6 nitrogen and oxygen atoms in total. The Morgan fingerprint density at radius 1 is 1.07 bits per heavy atom. The lowest BCUT2D eigenvalue weighted by Gasteiger charge is -2.19. The fraction of sp³-hybridized carbons (Fsp3) is 0.250. The van der Waals surface area contributed by atoms with Crippen molar-refractivity contribution in [3.05, 3.63) is 59.7 Å². The summed E-state index contributed by atoms with van der Waals surface area (Å²) in [7, 11) is 1.50. The second-order valence-corrected chi connectivity index (χ2v) is 6.08. The lowest BCUT2D eigenvalue weighted by molar-refractivity contribution is 0.0772. The minimum atomic E-state index is -0.375. The van der Waals surface area contributed by atoms with E-state index in [1.807, 2.05) is 13.8 Å². The molecule has 27 heavy (non-hydrogen) atoms. The van der Waals surface area contributed by atoms with Gasteiger partial charge in [0.25, 0.3) is 11.8 Å². The van der Waals surface area contributed by atoms with Crippen LogP contribution in [0.1, 0.15) is 34.6 Å². The highest BCUT2D eigenvalue weighted by molar-refractivity contribution is 7.80. The summed E-state index contributed by atoms with van der Waals surface area (Å²) in [5.74, 6) is 0.0394. The van der Waals surface area contributed by atoms with Crippen LogP contribution in [0.2, 0.25) is 0 Å². The predicted octanol–water partition coefficient (Wildman–Crippen LogP) is 3.30. The van der Waals surface area contributed by atoms with Gasteiger partial charge in [0, 0.05) is 24.3 Å². The van der Waals surface area contributed by atoms with Crippen molar-refractivity contribution in [1.82, 2.24) is 10.2 Å². The lowest BCUT2D eigenvalue weighted by atomic mass is 10.1. The minimum Gasteiger partial charge on any atom is -0.496 e. The minimum absolute atomic E-state index is 0.0485. The number of carbonyl (C=O) groups is 2. The van der Waals surface area contributed by atoms with Crippen molar-refractivity contribution in [3.8, 4) is 5.75 Å². The van der Waals surface area contributed by atoms with Gasteiger partial charge in [-0.05, 0) is 56.4 Å². The van der Waals surface area contributed by atoms with Crippen LogP contribution in [0.25, 0.3) is 0 Å². The van der Waals surface area contributed by atoms with E-state index < -0.39 is 0 Å². The highest BCUT2D eigenvalue weighted by Crippen LogP contribution is 2.17. The van der Waals surface area contributed by atoms with Crippen LogP contribution in [0.3, 0.4) is 0 Å². The maximum absolute atomic E-state index is 12.5. The molecule has 0 atom stereocenters. The average Bonchev–Trinajstić information content (AvgIpc) is 2.68. The van der Waals surface area contributed by atoms with Gasteiger partial charge in [0.1, 0.15) is 5.75 Å². The van der Waals surface area contributed by atoms with Gasteiger partial charge in [0.15, 0.2) is 5.11 Å². The van der Waals surface area contributed by atoms with Crippen LogP contribution in [0.4, 0.5) is 5.69 Å². The third-order valence-electron chi connectivity index (χ3n) is 4.00. The van der Waals surface area contributed by atoms with Crippen LogP contribution in [0, 0.1) is 0 Å². The Labute approximate surface area is 164 Å². The summed E-state index contributed by atoms with van der Waals surface area (Å²) in [6.07, 6.45) is 0. The highest BCUT2D eigenvalue weighted by Gasteiger charge is 2.15. The first-order valence-electron chi connectivity index (χ1n) is 8.64. The van der Waals surface area contributed by atoms with E-state index in [4.69, 9.17) is 17.0 Å². The number of carbonyl (C=O) groups excluding carboxylic acids is 2. The Balaban J connectivity index is 2.07. The number of ether oxygens (including phenoxy) is 1.